The van der Waals surface area contributed by atoms with E-state index in [1.807, 2.05) is 31.2 Å². The molecule has 1 aliphatic rings. The molecule has 2 aromatic carbocycles. The number of anilines is 3. The quantitative estimate of drug-likeness (QED) is 0.850. The van der Waals surface area contributed by atoms with Gasteiger partial charge in [0.1, 0.15) is 0 Å². The summed E-state index contributed by atoms with van der Waals surface area (Å²) in [7, 11) is 0. The first-order valence-corrected chi connectivity index (χ1v) is 7.12. The van der Waals surface area contributed by atoms with Crippen LogP contribution in [0.15, 0.2) is 42.5 Å². The number of amides is 1. The Balaban J connectivity index is 1.68. The molecule has 0 atom stereocenters. The fourth-order valence-corrected chi connectivity index (χ4v) is 2.76. The van der Waals surface area contributed by atoms with E-state index in [0.717, 1.165) is 24.2 Å². The molecule has 0 spiro atoms. The number of carbonyl (C=O) groups excluding carboxylic acids is 1. The van der Waals surface area contributed by atoms with Gasteiger partial charge in [0.25, 0.3) is 0 Å². The summed E-state index contributed by atoms with van der Waals surface area (Å²) < 4.78 is 0. The van der Waals surface area contributed by atoms with E-state index in [1.54, 1.807) is 6.07 Å². The van der Waals surface area contributed by atoms with Crippen molar-refractivity contribution in [2.75, 3.05) is 29.0 Å². The molecule has 0 bridgehead atoms. The summed E-state index contributed by atoms with van der Waals surface area (Å²) >= 11 is 0. The Morgan fingerprint density at radius 2 is 2.10 bits per heavy atom. The Labute approximate surface area is 124 Å². The minimum atomic E-state index is -0.000394. The summed E-state index contributed by atoms with van der Waals surface area (Å²) in [4.78, 5) is 14.4. The van der Waals surface area contributed by atoms with Crippen LogP contribution in [0.25, 0.3) is 0 Å². The van der Waals surface area contributed by atoms with Crippen molar-refractivity contribution in [3.63, 3.8) is 0 Å². The molecule has 3 rings (SSSR count). The van der Waals surface area contributed by atoms with Crippen LogP contribution in [-0.4, -0.2) is 19.0 Å². The van der Waals surface area contributed by atoms with Crippen molar-refractivity contribution in [2.24, 2.45) is 0 Å². The molecule has 21 heavy (non-hydrogen) atoms. The lowest BCUT2D eigenvalue weighted by Crippen LogP contribution is -2.32. The zero-order valence-corrected chi connectivity index (χ0v) is 12.1. The van der Waals surface area contributed by atoms with E-state index >= 15 is 0 Å². The van der Waals surface area contributed by atoms with E-state index in [9.17, 15) is 4.79 Å². The SMILES string of the molecule is Cc1cc(N)ccc1NC(=O)CN1CCc2ccccc21. The van der Waals surface area contributed by atoms with Gasteiger partial charge in [-0.3, -0.25) is 4.79 Å². The van der Waals surface area contributed by atoms with Crippen molar-refractivity contribution in [2.45, 2.75) is 13.3 Å². The maximum atomic E-state index is 12.2. The zero-order valence-electron chi connectivity index (χ0n) is 12.1. The Morgan fingerprint density at radius 3 is 2.90 bits per heavy atom. The van der Waals surface area contributed by atoms with Crippen molar-refractivity contribution >= 4 is 23.0 Å². The standard InChI is InChI=1S/C17H19N3O/c1-12-10-14(18)6-7-15(12)19-17(21)11-20-9-8-13-4-2-3-5-16(13)20/h2-7,10H,8-9,11,18H2,1H3,(H,19,21). The van der Waals surface area contributed by atoms with Crippen molar-refractivity contribution in [3.8, 4) is 0 Å². The molecular formula is C17H19N3O. The molecule has 0 saturated carbocycles. The molecule has 2 aromatic rings. The third-order valence-electron chi connectivity index (χ3n) is 3.84. The molecule has 0 aliphatic carbocycles. The molecule has 0 unspecified atom stereocenters. The van der Waals surface area contributed by atoms with Crippen LogP contribution in [-0.2, 0) is 11.2 Å². The largest absolute Gasteiger partial charge is 0.399 e. The number of nitrogens with zero attached hydrogens (tertiary/aromatic N) is 1. The number of aryl methyl sites for hydroxylation is 1. The van der Waals surface area contributed by atoms with Crippen LogP contribution >= 0.6 is 0 Å². The molecule has 0 saturated heterocycles. The van der Waals surface area contributed by atoms with E-state index in [0.29, 0.717) is 12.2 Å². The van der Waals surface area contributed by atoms with Crippen LogP contribution < -0.4 is 16.0 Å². The first-order chi connectivity index (χ1) is 10.1. The Kier molecular flexibility index (Phi) is 3.52. The summed E-state index contributed by atoms with van der Waals surface area (Å²) in [6.45, 7) is 3.21. The number of hydrogen-bond acceptors (Lipinski definition) is 3. The summed E-state index contributed by atoms with van der Waals surface area (Å²) in [6, 6.07) is 13.8. The number of fused-ring (bicyclic) bond motifs is 1. The highest BCUT2D eigenvalue weighted by Crippen LogP contribution is 2.27. The van der Waals surface area contributed by atoms with E-state index in [-0.39, 0.29) is 5.91 Å². The van der Waals surface area contributed by atoms with Gasteiger partial charge in [-0.25, -0.2) is 0 Å². The number of hydrogen-bond donors (Lipinski definition) is 2. The van der Waals surface area contributed by atoms with Gasteiger partial charge in [-0.1, -0.05) is 18.2 Å². The summed E-state index contributed by atoms with van der Waals surface area (Å²) in [5, 5.41) is 2.96. The van der Waals surface area contributed by atoms with E-state index in [2.05, 4.69) is 22.3 Å². The molecule has 4 heteroatoms. The maximum absolute atomic E-state index is 12.2. The molecule has 0 aromatic heterocycles. The highest BCUT2D eigenvalue weighted by Gasteiger charge is 2.20. The van der Waals surface area contributed by atoms with Crippen LogP contribution in [0.2, 0.25) is 0 Å². The van der Waals surface area contributed by atoms with Gasteiger partial charge < -0.3 is 16.0 Å². The smallest absolute Gasteiger partial charge is 0.243 e. The molecule has 4 nitrogen and oxygen atoms in total. The second-order valence-corrected chi connectivity index (χ2v) is 5.42. The Hall–Kier alpha value is -2.49. The fraction of sp³-hybridized carbons (Fsp3) is 0.235. The van der Waals surface area contributed by atoms with E-state index < -0.39 is 0 Å². The van der Waals surface area contributed by atoms with E-state index in [4.69, 9.17) is 5.73 Å². The highest BCUT2D eigenvalue weighted by molar-refractivity contribution is 5.95. The topological polar surface area (TPSA) is 58.4 Å². The summed E-state index contributed by atoms with van der Waals surface area (Å²) in [6.07, 6.45) is 1.00. The maximum Gasteiger partial charge on any atom is 0.243 e. The summed E-state index contributed by atoms with van der Waals surface area (Å²) in [5.41, 5.74) is 10.7. The normalized spacial score (nSPS) is 13.1. The van der Waals surface area contributed by atoms with Crippen LogP contribution in [0.3, 0.4) is 0 Å². The number of benzene rings is 2. The molecule has 1 aliphatic heterocycles. The molecular weight excluding hydrogens is 262 g/mol. The lowest BCUT2D eigenvalue weighted by atomic mass is 10.2. The summed E-state index contributed by atoms with van der Waals surface area (Å²) in [5.74, 6) is -0.000394. The molecule has 0 fully saturated rings. The van der Waals surface area contributed by atoms with Gasteiger partial charge in [0.15, 0.2) is 0 Å². The van der Waals surface area contributed by atoms with Gasteiger partial charge in [0.2, 0.25) is 5.91 Å². The molecule has 1 amide bonds. The van der Waals surface area contributed by atoms with Crippen LogP contribution in [0.5, 0.6) is 0 Å². The zero-order chi connectivity index (χ0) is 14.8. The van der Waals surface area contributed by atoms with Crippen molar-refractivity contribution in [1.82, 2.24) is 0 Å². The van der Waals surface area contributed by atoms with Crippen LogP contribution in [0, 0.1) is 6.92 Å². The average Bonchev–Trinajstić information content (AvgIpc) is 2.85. The predicted octanol–water partition coefficient (Wildman–Crippen LogP) is 2.58. The molecule has 108 valence electrons. The van der Waals surface area contributed by atoms with Gasteiger partial charge in [-0.2, -0.15) is 0 Å². The van der Waals surface area contributed by atoms with Gasteiger partial charge in [0, 0.05) is 23.6 Å². The second kappa shape index (κ2) is 5.48. The lowest BCUT2D eigenvalue weighted by molar-refractivity contribution is -0.115. The van der Waals surface area contributed by atoms with E-state index in [1.165, 1.54) is 11.3 Å². The number of nitrogen functional groups attached to an aromatic ring is 1. The third kappa shape index (κ3) is 2.84. The molecule has 3 N–H and O–H groups in total. The average molecular weight is 281 g/mol. The first kappa shape index (κ1) is 13.5. The fourth-order valence-electron chi connectivity index (χ4n) is 2.76. The number of nitrogens with one attached hydrogen (secondary N) is 1. The van der Waals surface area contributed by atoms with Crippen LogP contribution in [0.4, 0.5) is 17.1 Å². The highest BCUT2D eigenvalue weighted by atomic mass is 16.2. The number of rotatable bonds is 3. The minimum Gasteiger partial charge on any atom is -0.399 e. The van der Waals surface area contributed by atoms with Gasteiger partial charge in [0.05, 0.1) is 6.54 Å². The van der Waals surface area contributed by atoms with Crippen molar-refractivity contribution in [1.29, 1.82) is 0 Å². The van der Waals surface area contributed by atoms with Crippen LogP contribution in [0.1, 0.15) is 11.1 Å². The van der Waals surface area contributed by atoms with Gasteiger partial charge in [-0.05, 0) is 48.7 Å². The number of nitrogens with two attached hydrogens (primary N) is 1. The third-order valence-corrected chi connectivity index (χ3v) is 3.84. The lowest BCUT2D eigenvalue weighted by Gasteiger charge is -2.19. The molecule has 1 heterocycles. The minimum absolute atomic E-state index is 0.000394. The van der Waals surface area contributed by atoms with Gasteiger partial charge in [-0.15, -0.1) is 0 Å². The Bertz CT molecular complexity index is 681. The molecule has 0 radical (unpaired) electrons. The van der Waals surface area contributed by atoms with Gasteiger partial charge >= 0.3 is 0 Å². The van der Waals surface area contributed by atoms with Crippen molar-refractivity contribution < 1.29 is 4.79 Å². The Morgan fingerprint density at radius 1 is 1.29 bits per heavy atom. The monoisotopic (exact) mass is 281 g/mol. The number of para-hydroxylation sites is 1. The number of carbonyl (C=O) groups is 1. The predicted molar refractivity (Wildman–Crippen MR) is 86.6 cm³/mol. The second-order valence-electron chi connectivity index (χ2n) is 5.42. The van der Waals surface area contributed by atoms with Crippen molar-refractivity contribution in [3.05, 3.63) is 53.6 Å². The first-order valence-electron chi connectivity index (χ1n) is 7.12.